The summed E-state index contributed by atoms with van der Waals surface area (Å²) in [5, 5.41) is 0. The van der Waals surface area contributed by atoms with Gasteiger partial charge in [0.25, 0.3) is 0 Å². The topological polar surface area (TPSA) is 66.6 Å². The Morgan fingerprint density at radius 3 is 2.61 bits per heavy atom. The highest BCUT2D eigenvalue weighted by molar-refractivity contribution is 5.89. The second-order valence-corrected chi connectivity index (χ2v) is 6.34. The van der Waals surface area contributed by atoms with Gasteiger partial charge in [0.15, 0.2) is 0 Å². The Morgan fingerprint density at radius 1 is 1.22 bits per heavy atom. The standard InChI is InChI=1S/C17H23N3O2.ClH/c18-9-14-6-7-19(11-14)17(22)15-8-16(21)20(12-15)10-13-4-2-1-3-5-13;/h1-5,14-15H,6-12,18H2;1H. The molecular weight excluding hydrogens is 314 g/mol. The number of nitrogens with zero attached hydrogens (tertiary/aromatic N) is 2. The first-order valence-corrected chi connectivity index (χ1v) is 7.98. The van der Waals surface area contributed by atoms with Gasteiger partial charge in [-0.3, -0.25) is 9.59 Å². The molecule has 2 heterocycles. The minimum atomic E-state index is -0.187. The van der Waals surface area contributed by atoms with Gasteiger partial charge in [-0.25, -0.2) is 0 Å². The lowest BCUT2D eigenvalue weighted by molar-refractivity contribution is -0.135. The normalized spacial score (nSPS) is 24.0. The number of rotatable bonds is 4. The molecule has 126 valence electrons. The molecule has 0 aliphatic carbocycles. The van der Waals surface area contributed by atoms with Gasteiger partial charge in [-0.05, 0) is 24.4 Å². The lowest BCUT2D eigenvalue weighted by atomic mass is 10.1. The van der Waals surface area contributed by atoms with Crippen LogP contribution in [0.1, 0.15) is 18.4 Å². The third kappa shape index (κ3) is 4.03. The fraction of sp³-hybridized carbons (Fsp3) is 0.529. The number of benzene rings is 1. The van der Waals surface area contributed by atoms with Crippen molar-refractivity contribution in [3.05, 3.63) is 35.9 Å². The molecular formula is C17H24ClN3O2. The third-order valence-electron chi connectivity index (χ3n) is 4.71. The van der Waals surface area contributed by atoms with E-state index in [2.05, 4.69) is 0 Å². The molecule has 2 aliphatic rings. The Hall–Kier alpha value is -1.59. The SMILES string of the molecule is Cl.NCC1CCN(C(=O)C2CC(=O)N(Cc3ccccc3)C2)C1. The minimum Gasteiger partial charge on any atom is -0.342 e. The molecule has 1 aromatic carbocycles. The highest BCUT2D eigenvalue weighted by atomic mass is 35.5. The van der Waals surface area contributed by atoms with Crippen molar-refractivity contribution in [2.45, 2.75) is 19.4 Å². The first-order valence-electron chi connectivity index (χ1n) is 7.98. The van der Waals surface area contributed by atoms with Crippen LogP contribution in [0.4, 0.5) is 0 Å². The number of carbonyl (C=O) groups excluding carboxylic acids is 2. The Labute approximate surface area is 143 Å². The number of halogens is 1. The van der Waals surface area contributed by atoms with Crippen LogP contribution in [-0.2, 0) is 16.1 Å². The van der Waals surface area contributed by atoms with Gasteiger partial charge in [0.1, 0.15) is 0 Å². The zero-order chi connectivity index (χ0) is 15.5. The van der Waals surface area contributed by atoms with Gasteiger partial charge in [-0.2, -0.15) is 0 Å². The van der Waals surface area contributed by atoms with Crippen LogP contribution in [-0.4, -0.2) is 47.8 Å². The molecule has 0 saturated carbocycles. The molecule has 6 heteroatoms. The molecule has 1 aromatic rings. The highest BCUT2D eigenvalue weighted by Crippen LogP contribution is 2.25. The predicted octanol–water partition coefficient (Wildman–Crippen LogP) is 1.26. The van der Waals surface area contributed by atoms with Crippen molar-refractivity contribution in [2.24, 2.45) is 17.6 Å². The molecule has 23 heavy (non-hydrogen) atoms. The van der Waals surface area contributed by atoms with Gasteiger partial charge in [-0.1, -0.05) is 30.3 Å². The van der Waals surface area contributed by atoms with E-state index in [0.717, 1.165) is 25.1 Å². The number of likely N-dealkylation sites (tertiary alicyclic amines) is 2. The van der Waals surface area contributed by atoms with E-state index in [4.69, 9.17) is 5.73 Å². The van der Waals surface area contributed by atoms with Gasteiger partial charge in [0, 0.05) is 32.6 Å². The Morgan fingerprint density at radius 2 is 1.96 bits per heavy atom. The maximum atomic E-state index is 12.6. The average molecular weight is 338 g/mol. The van der Waals surface area contributed by atoms with Crippen LogP contribution >= 0.6 is 12.4 Å². The smallest absolute Gasteiger partial charge is 0.228 e. The van der Waals surface area contributed by atoms with Crippen molar-refractivity contribution in [1.82, 2.24) is 9.80 Å². The van der Waals surface area contributed by atoms with Crippen molar-refractivity contribution in [2.75, 3.05) is 26.2 Å². The Bertz CT molecular complexity index is 552. The second-order valence-electron chi connectivity index (χ2n) is 6.34. The van der Waals surface area contributed by atoms with E-state index in [1.54, 1.807) is 4.90 Å². The number of hydrogen-bond donors (Lipinski definition) is 1. The first-order chi connectivity index (χ1) is 10.7. The number of carbonyl (C=O) groups is 2. The summed E-state index contributed by atoms with van der Waals surface area (Å²) < 4.78 is 0. The summed E-state index contributed by atoms with van der Waals surface area (Å²) in [5.74, 6) is 0.436. The van der Waals surface area contributed by atoms with E-state index in [0.29, 0.717) is 32.0 Å². The fourth-order valence-electron chi connectivity index (χ4n) is 3.38. The largest absolute Gasteiger partial charge is 0.342 e. The van der Waals surface area contributed by atoms with Gasteiger partial charge in [0.05, 0.1) is 5.92 Å². The second kappa shape index (κ2) is 7.79. The van der Waals surface area contributed by atoms with Crippen LogP contribution in [0.5, 0.6) is 0 Å². The molecule has 2 amide bonds. The summed E-state index contributed by atoms with van der Waals surface area (Å²) in [6, 6.07) is 9.91. The van der Waals surface area contributed by atoms with Crippen molar-refractivity contribution < 1.29 is 9.59 Å². The Balaban J connectivity index is 0.00000192. The minimum absolute atomic E-state index is 0. The van der Waals surface area contributed by atoms with Gasteiger partial charge < -0.3 is 15.5 Å². The quantitative estimate of drug-likeness (QED) is 0.899. The van der Waals surface area contributed by atoms with Crippen LogP contribution in [0.15, 0.2) is 30.3 Å². The molecule has 2 aliphatic heterocycles. The molecule has 2 N–H and O–H groups in total. The zero-order valence-corrected chi connectivity index (χ0v) is 14.0. The zero-order valence-electron chi connectivity index (χ0n) is 13.2. The van der Waals surface area contributed by atoms with Crippen LogP contribution < -0.4 is 5.73 Å². The van der Waals surface area contributed by atoms with Gasteiger partial charge in [-0.15, -0.1) is 12.4 Å². The lowest BCUT2D eigenvalue weighted by Gasteiger charge is -2.21. The van der Waals surface area contributed by atoms with Gasteiger partial charge >= 0.3 is 0 Å². The maximum Gasteiger partial charge on any atom is 0.228 e. The van der Waals surface area contributed by atoms with Crippen LogP contribution in [0.2, 0.25) is 0 Å². The van der Waals surface area contributed by atoms with Gasteiger partial charge in [0.2, 0.25) is 11.8 Å². The van der Waals surface area contributed by atoms with E-state index < -0.39 is 0 Å². The predicted molar refractivity (Wildman–Crippen MR) is 91.0 cm³/mol. The van der Waals surface area contributed by atoms with Crippen molar-refractivity contribution in [1.29, 1.82) is 0 Å². The first kappa shape index (κ1) is 17.8. The summed E-state index contributed by atoms with van der Waals surface area (Å²) in [6.07, 6.45) is 1.33. The number of hydrogen-bond acceptors (Lipinski definition) is 3. The van der Waals surface area contributed by atoms with E-state index in [-0.39, 0.29) is 30.1 Å². The summed E-state index contributed by atoms with van der Waals surface area (Å²) in [5.41, 5.74) is 6.78. The van der Waals surface area contributed by atoms with Crippen LogP contribution in [0, 0.1) is 11.8 Å². The molecule has 3 rings (SSSR count). The van der Waals surface area contributed by atoms with Crippen molar-refractivity contribution in [3.63, 3.8) is 0 Å². The average Bonchev–Trinajstić information content (AvgIpc) is 3.15. The fourth-order valence-corrected chi connectivity index (χ4v) is 3.38. The van der Waals surface area contributed by atoms with E-state index >= 15 is 0 Å². The molecule has 0 bridgehead atoms. The number of nitrogens with two attached hydrogens (primary N) is 1. The number of amides is 2. The van der Waals surface area contributed by atoms with Crippen molar-refractivity contribution >= 4 is 24.2 Å². The maximum absolute atomic E-state index is 12.6. The van der Waals surface area contributed by atoms with Crippen LogP contribution in [0.3, 0.4) is 0 Å². The molecule has 5 nitrogen and oxygen atoms in total. The molecule has 0 radical (unpaired) electrons. The van der Waals surface area contributed by atoms with E-state index in [9.17, 15) is 9.59 Å². The summed E-state index contributed by atoms with van der Waals surface area (Å²) in [4.78, 5) is 28.4. The highest BCUT2D eigenvalue weighted by Gasteiger charge is 2.38. The molecule has 2 unspecified atom stereocenters. The molecule has 0 spiro atoms. The molecule has 2 atom stereocenters. The van der Waals surface area contributed by atoms with Crippen LogP contribution in [0.25, 0.3) is 0 Å². The summed E-state index contributed by atoms with van der Waals surface area (Å²) >= 11 is 0. The van der Waals surface area contributed by atoms with Crippen molar-refractivity contribution in [3.8, 4) is 0 Å². The van der Waals surface area contributed by atoms with E-state index in [1.165, 1.54) is 0 Å². The molecule has 2 fully saturated rings. The molecule has 2 saturated heterocycles. The summed E-state index contributed by atoms with van der Waals surface area (Å²) in [6.45, 7) is 3.29. The molecule has 0 aromatic heterocycles. The summed E-state index contributed by atoms with van der Waals surface area (Å²) in [7, 11) is 0. The third-order valence-corrected chi connectivity index (χ3v) is 4.71. The Kier molecular flexibility index (Phi) is 6.02. The van der Waals surface area contributed by atoms with E-state index in [1.807, 2.05) is 35.2 Å². The lowest BCUT2D eigenvalue weighted by Crippen LogP contribution is -2.36. The monoisotopic (exact) mass is 337 g/mol.